The zero-order valence-corrected chi connectivity index (χ0v) is 15.8. The minimum atomic E-state index is -0.219. The monoisotopic (exact) mass is 445 g/mol. The summed E-state index contributed by atoms with van der Waals surface area (Å²) >= 11 is 8.07. The number of anilines is 1. The zero-order chi connectivity index (χ0) is 16.8. The summed E-state index contributed by atoms with van der Waals surface area (Å²) in [6, 6.07) is 10.5. The molecule has 122 valence electrons. The van der Waals surface area contributed by atoms with Gasteiger partial charge in [0.2, 0.25) is 0 Å². The van der Waals surface area contributed by atoms with Crippen LogP contribution in [-0.2, 0) is 0 Å². The van der Waals surface area contributed by atoms with Crippen LogP contribution in [0, 0.1) is 3.57 Å². The Hall–Kier alpha value is -1.47. The molecule has 0 radical (unpaired) electrons. The van der Waals surface area contributed by atoms with Gasteiger partial charge in [-0.3, -0.25) is 4.79 Å². The smallest absolute Gasteiger partial charge is 0.256 e. The first kappa shape index (κ1) is 17.9. The molecule has 0 aliphatic rings. The third-order valence-corrected chi connectivity index (χ3v) is 4.15. The highest BCUT2D eigenvalue weighted by Gasteiger charge is 2.13. The van der Waals surface area contributed by atoms with E-state index in [1.165, 1.54) is 0 Å². The average molecular weight is 446 g/mol. The van der Waals surface area contributed by atoms with E-state index in [9.17, 15) is 4.79 Å². The Kier molecular flexibility index (Phi) is 6.53. The molecule has 0 spiro atoms. The molecule has 2 rings (SSSR count). The maximum Gasteiger partial charge on any atom is 0.256 e. The minimum Gasteiger partial charge on any atom is -0.490 e. The van der Waals surface area contributed by atoms with Gasteiger partial charge in [0.1, 0.15) is 0 Å². The van der Waals surface area contributed by atoms with Crippen molar-refractivity contribution in [1.82, 2.24) is 0 Å². The van der Waals surface area contributed by atoms with Gasteiger partial charge in [0.25, 0.3) is 5.91 Å². The van der Waals surface area contributed by atoms with E-state index in [1.807, 2.05) is 19.9 Å². The topological polar surface area (TPSA) is 47.6 Å². The summed E-state index contributed by atoms with van der Waals surface area (Å²) in [5.41, 5.74) is 1.17. The van der Waals surface area contributed by atoms with Crippen molar-refractivity contribution in [2.24, 2.45) is 0 Å². The van der Waals surface area contributed by atoms with E-state index >= 15 is 0 Å². The SMILES string of the molecule is CCOc1ccc(NC(=O)c2cc(Cl)ccc2I)cc1OCC. The predicted molar refractivity (Wildman–Crippen MR) is 101 cm³/mol. The second-order valence-electron chi connectivity index (χ2n) is 4.61. The molecule has 0 aliphatic heterocycles. The molecule has 4 nitrogen and oxygen atoms in total. The third-order valence-electron chi connectivity index (χ3n) is 2.97. The molecule has 0 atom stereocenters. The van der Waals surface area contributed by atoms with Gasteiger partial charge in [-0.15, -0.1) is 0 Å². The summed E-state index contributed by atoms with van der Waals surface area (Å²) in [4.78, 5) is 12.4. The molecule has 23 heavy (non-hydrogen) atoms. The summed E-state index contributed by atoms with van der Waals surface area (Å²) < 4.78 is 11.9. The van der Waals surface area contributed by atoms with Crippen molar-refractivity contribution in [3.63, 3.8) is 0 Å². The first-order valence-corrected chi connectivity index (χ1v) is 8.66. The molecular formula is C17H17ClINO3. The lowest BCUT2D eigenvalue weighted by Crippen LogP contribution is -2.13. The van der Waals surface area contributed by atoms with E-state index in [1.54, 1.807) is 30.3 Å². The summed E-state index contributed by atoms with van der Waals surface area (Å²) in [6.45, 7) is 4.87. The fourth-order valence-corrected chi connectivity index (χ4v) is 2.75. The van der Waals surface area contributed by atoms with Gasteiger partial charge in [0.05, 0.1) is 18.8 Å². The van der Waals surface area contributed by atoms with Crippen LogP contribution in [0.3, 0.4) is 0 Å². The molecule has 0 heterocycles. The van der Waals surface area contributed by atoms with Crippen LogP contribution in [0.5, 0.6) is 11.5 Å². The summed E-state index contributed by atoms with van der Waals surface area (Å²) in [7, 11) is 0. The van der Waals surface area contributed by atoms with Gasteiger partial charge in [-0.1, -0.05) is 11.6 Å². The second kappa shape index (κ2) is 8.40. The number of benzene rings is 2. The molecule has 2 aromatic carbocycles. The molecule has 1 N–H and O–H groups in total. The van der Waals surface area contributed by atoms with Crippen LogP contribution in [0.1, 0.15) is 24.2 Å². The van der Waals surface area contributed by atoms with E-state index in [2.05, 4.69) is 27.9 Å². The highest BCUT2D eigenvalue weighted by atomic mass is 127. The molecule has 1 amide bonds. The Bertz CT molecular complexity index is 706. The number of hydrogen-bond donors (Lipinski definition) is 1. The molecule has 0 saturated heterocycles. The Morgan fingerprint density at radius 1 is 1.09 bits per heavy atom. The number of carbonyl (C=O) groups is 1. The van der Waals surface area contributed by atoms with Gasteiger partial charge in [0.15, 0.2) is 11.5 Å². The van der Waals surface area contributed by atoms with Crippen LogP contribution < -0.4 is 14.8 Å². The van der Waals surface area contributed by atoms with Gasteiger partial charge in [-0.2, -0.15) is 0 Å². The maximum absolute atomic E-state index is 12.4. The number of rotatable bonds is 6. The van der Waals surface area contributed by atoms with Gasteiger partial charge in [-0.25, -0.2) is 0 Å². The van der Waals surface area contributed by atoms with Crippen LogP contribution in [0.2, 0.25) is 5.02 Å². The molecule has 0 saturated carbocycles. The normalized spacial score (nSPS) is 10.3. The van der Waals surface area contributed by atoms with E-state index < -0.39 is 0 Å². The molecule has 0 fully saturated rings. The van der Waals surface area contributed by atoms with Crippen molar-refractivity contribution < 1.29 is 14.3 Å². The first-order valence-electron chi connectivity index (χ1n) is 7.21. The quantitative estimate of drug-likeness (QED) is 0.637. The number of ether oxygens (including phenoxy) is 2. The average Bonchev–Trinajstić information content (AvgIpc) is 2.52. The minimum absolute atomic E-state index is 0.219. The third kappa shape index (κ3) is 4.75. The number of nitrogens with one attached hydrogen (secondary N) is 1. The lowest BCUT2D eigenvalue weighted by atomic mass is 10.2. The molecule has 2 aromatic rings. The lowest BCUT2D eigenvalue weighted by Gasteiger charge is -2.13. The Balaban J connectivity index is 2.23. The van der Waals surface area contributed by atoms with Crippen molar-refractivity contribution in [2.75, 3.05) is 18.5 Å². The number of halogens is 2. The summed E-state index contributed by atoms with van der Waals surface area (Å²) in [5.74, 6) is 1.04. The van der Waals surface area contributed by atoms with Crippen molar-refractivity contribution in [1.29, 1.82) is 0 Å². The summed E-state index contributed by atoms with van der Waals surface area (Å²) in [6.07, 6.45) is 0. The van der Waals surface area contributed by atoms with Crippen LogP contribution >= 0.6 is 34.2 Å². The molecule has 0 aromatic heterocycles. The van der Waals surface area contributed by atoms with Crippen LogP contribution in [0.25, 0.3) is 0 Å². The fraction of sp³-hybridized carbons (Fsp3) is 0.235. The van der Waals surface area contributed by atoms with Gasteiger partial charge in [-0.05, 0) is 66.8 Å². The van der Waals surface area contributed by atoms with Crippen LogP contribution in [0.4, 0.5) is 5.69 Å². The largest absolute Gasteiger partial charge is 0.490 e. The Morgan fingerprint density at radius 2 is 1.78 bits per heavy atom. The van der Waals surface area contributed by atoms with Crippen molar-refractivity contribution in [3.8, 4) is 11.5 Å². The molecular weight excluding hydrogens is 429 g/mol. The van der Waals surface area contributed by atoms with Crippen LogP contribution in [0.15, 0.2) is 36.4 Å². The number of amides is 1. The standard InChI is InChI=1S/C17H17ClINO3/c1-3-22-15-8-6-12(10-16(15)23-4-2)20-17(21)13-9-11(18)5-7-14(13)19/h5-10H,3-4H2,1-2H3,(H,20,21). The van der Waals surface area contributed by atoms with Crippen LogP contribution in [-0.4, -0.2) is 19.1 Å². The predicted octanol–water partition coefficient (Wildman–Crippen LogP) is 4.99. The number of hydrogen-bond acceptors (Lipinski definition) is 3. The van der Waals surface area contributed by atoms with Gasteiger partial charge >= 0.3 is 0 Å². The van der Waals surface area contributed by atoms with Crippen molar-refractivity contribution >= 4 is 45.8 Å². The van der Waals surface area contributed by atoms with E-state index in [0.717, 1.165) is 3.57 Å². The van der Waals surface area contributed by atoms with E-state index in [4.69, 9.17) is 21.1 Å². The summed E-state index contributed by atoms with van der Waals surface area (Å²) in [5, 5.41) is 3.38. The first-order chi connectivity index (χ1) is 11.0. The Morgan fingerprint density at radius 3 is 2.48 bits per heavy atom. The maximum atomic E-state index is 12.4. The molecule has 0 bridgehead atoms. The van der Waals surface area contributed by atoms with Crippen molar-refractivity contribution in [3.05, 3.63) is 50.6 Å². The van der Waals surface area contributed by atoms with Crippen molar-refractivity contribution in [2.45, 2.75) is 13.8 Å². The van der Waals surface area contributed by atoms with Gasteiger partial charge in [0, 0.05) is 20.3 Å². The number of carbonyl (C=O) groups excluding carboxylic acids is 1. The lowest BCUT2D eigenvalue weighted by molar-refractivity contribution is 0.102. The highest BCUT2D eigenvalue weighted by molar-refractivity contribution is 14.1. The second-order valence-corrected chi connectivity index (χ2v) is 6.20. The zero-order valence-electron chi connectivity index (χ0n) is 12.9. The Labute approximate surface area is 154 Å². The van der Waals surface area contributed by atoms with E-state index in [-0.39, 0.29) is 5.91 Å². The molecule has 0 unspecified atom stereocenters. The van der Waals surface area contributed by atoms with E-state index in [0.29, 0.717) is 41.0 Å². The molecule has 0 aliphatic carbocycles. The van der Waals surface area contributed by atoms with Gasteiger partial charge < -0.3 is 14.8 Å². The fourth-order valence-electron chi connectivity index (χ4n) is 2.00. The molecule has 6 heteroatoms. The highest BCUT2D eigenvalue weighted by Crippen LogP contribution is 2.31.